The number of carbonyl (C=O) groups is 1. The summed E-state index contributed by atoms with van der Waals surface area (Å²) in [6.45, 7) is 2.07. The molecule has 2 heterocycles. The molecule has 0 saturated heterocycles. The van der Waals surface area contributed by atoms with Gasteiger partial charge in [-0.15, -0.1) is 0 Å². The number of carbonyl (C=O) groups excluding carboxylic acids is 1. The average Bonchev–Trinajstić information content (AvgIpc) is 2.56. The van der Waals surface area contributed by atoms with Gasteiger partial charge in [-0.2, -0.15) is 4.98 Å². The fourth-order valence-corrected chi connectivity index (χ4v) is 3.78. The predicted molar refractivity (Wildman–Crippen MR) is 97.0 cm³/mol. The molecule has 1 aliphatic heterocycles. The second-order valence-electron chi connectivity index (χ2n) is 5.73. The Morgan fingerprint density at radius 1 is 1.33 bits per heavy atom. The van der Waals surface area contributed by atoms with Crippen LogP contribution in [0.5, 0.6) is 0 Å². The molecule has 3 rings (SSSR count). The molecule has 1 aliphatic rings. The first-order valence-corrected chi connectivity index (χ1v) is 9.16. The number of hydrogen-bond acceptors (Lipinski definition) is 4. The highest BCUT2D eigenvalue weighted by atomic mass is 35.5. The Morgan fingerprint density at radius 3 is 2.71 bits per heavy atom. The van der Waals surface area contributed by atoms with Crippen molar-refractivity contribution in [3.8, 4) is 0 Å². The molecule has 24 heavy (non-hydrogen) atoms. The van der Waals surface area contributed by atoms with Crippen LogP contribution in [0.15, 0.2) is 34.2 Å². The van der Waals surface area contributed by atoms with E-state index in [1.165, 1.54) is 11.8 Å². The minimum atomic E-state index is -0.303. The summed E-state index contributed by atoms with van der Waals surface area (Å²) in [6, 6.07) is 7.25. The summed E-state index contributed by atoms with van der Waals surface area (Å²) in [7, 11) is 1.83. The molecule has 0 spiro atoms. The number of benzene rings is 1. The SMILES string of the molecule is CCCSc1nc(=O)c2c(n1C)NC(=O)C[C@@H]2c1ccc(Cl)cc1. The molecular formula is C17H18ClN3O2S. The summed E-state index contributed by atoms with van der Waals surface area (Å²) in [5.41, 5.74) is 1.16. The molecule has 126 valence electrons. The van der Waals surface area contributed by atoms with Gasteiger partial charge in [-0.25, -0.2) is 0 Å². The topological polar surface area (TPSA) is 64.0 Å². The van der Waals surface area contributed by atoms with E-state index in [1.54, 1.807) is 16.7 Å². The van der Waals surface area contributed by atoms with Crippen molar-refractivity contribution in [1.29, 1.82) is 0 Å². The summed E-state index contributed by atoms with van der Waals surface area (Å²) < 4.78 is 1.80. The lowest BCUT2D eigenvalue weighted by Crippen LogP contribution is -2.33. The second-order valence-corrected chi connectivity index (χ2v) is 7.22. The van der Waals surface area contributed by atoms with Crippen LogP contribution in [0.25, 0.3) is 0 Å². The fraction of sp³-hybridized carbons (Fsp3) is 0.353. The van der Waals surface area contributed by atoms with E-state index in [1.807, 2.05) is 19.2 Å². The molecule has 7 heteroatoms. The zero-order valence-electron chi connectivity index (χ0n) is 13.5. The molecular weight excluding hydrogens is 346 g/mol. The van der Waals surface area contributed by atoms with Gasteiger partial charge in [0.05, 0.1) is 5.56 Å². The van der Waals surface area contributed by atoms with Gasteiger partial charge in [0.15, 0.2) is 5.16 Å². The summed E-state index contributed by atoms with van der Waals surface area (Å²) in [5, 5.41) is 4.09. The Labute approximate surface area is 149 Å². The molecule has 1 atom stereocenters. The lowest BCUT2D eigenvalue weighted by atomic mass is 9.87. The number of nitrogens with one attached hydrogen (secondary N) is 1. The highest BCUT2D eigenvalue weighted by molar-refractivity contribution is 7.99. The normalized spacial score (nSPS) is 16.6. The summed E-state index contributed by atoms with van der Waals surface area (Å²) in [5.74, 6) is 1.01. The van der Waals surface area contributed by atoms with Crippen LogP contribution >= 0.6 is 23.4 Å². The molecule has 0 radical (unpaired) electrons. The van der Waals surface area contributed by atoms with Gasteiger partial charge >= 0.3 is 0 Å². The smallest absolute Gasteiger partial charge is 0.279 e. The number of aromatic nitrogens is 2. The van der Waals surface area contributed by atoms with Gasteiger partial charge in [0, 0.05) is 30.2 Å². The molecule has 0 unspecified atom stereocenters. The van der Waals surface area contributed by atoms with E-state index < -0.39 is 0 Å². The van der Waals surface area contributed by atoms with Gasteiger partial charge in [0.25, 0.3) is 5.56 Å². The Kier molecular flexibility index (Phi) is 4.96. The third kappa shape index (κ3) is 3.21. The number of hydrogen-bond donors (Lipinski definition) is 1. The Bertz CT molecular complexity index is 833. The second kappa shape index (κ2) is 6.99. The number of halogens is 1. The van der Waals surface area contributed by atoms with E-state index in [2.05, 4.69) is 17.2 Å². The number of rotatable bonds is 4. The predicted octanol–water partition coefficient (Wildman–Crippen LogP) is 3.41. The first-order valence-electron chi connectivity index (χ1n) is 7.80. The highest BCUT2D eigenvalue weighted by Crippen LogP contribution is 2.36. The van der Waals surface area contributed by atoms with Crippen LogP contribution in [0.1, 0.15) is 36.8 Å². The summed E-state index contributed by atoms with van der Waals surface area (Å²) in [4.78, 5) is 29.1. The van der Waals surface area contributed by atoms with Crippen LogP contribution in [-0.2, 0) is 11.8 Å². The lowest BCUT2D eigenvalue weighted by molar-refractivity contribution is -0.116. The van der Waals surface area contributed by atoms with Gasteiger partial charge in [0.2, 0.25) is 5.91 Å². The van der Waals surface area contributed by atoms with Crippen molar-refractivity contribution < 1.29 is 4.79 Å². The highest BCUT2D eigenvalue weighted by Gasteiger charge is 2.31. The van der Waals surface area contributed by atoms with Crippen LogP contribution in [0, 0.1) is 0 Å². The van der Waals surface area contributed by atoms with Gasteiger partial charge in [-0.05, 0) is 24.1 Å². The van der Waals surface area contributed by atoms with Crippen LogP contribution < -0.4 is 10.9 Å². The molecule has 1 aromatic carbocycles. The molecule has 1 aromatic heterocycles. The zero-order chi connectivity index (χ0) is 17.3. The van der Waals surface area contributed by atoms with Crippen molar-refractivity contribution >= 4 is 35.1 Å². The van der Waals surface area contributed by atoms with Crippen molar-refractivity contribution in [1.82, 2.24) is 9.55 Å². The first kappa shape index (κ1) is 17.0. The first-order chi connectivity index (χ1) is 11.5. The van der Waals surface area contributed by atoms with E-state index in [0.717, 1.165) is 17.7 Å². The molecule has 5 nitrogen and oxygen atoms in total. The van der Waals surface area contributed by atoms with E-state index in [0.29, 0.717) is 21.6 Å². The average molecular weight is 364 g/mol. The number of thioether (sulfide) groups is 1. The maximum Gasteiger partial charge on any atom is 0.279 e. The fourth-order valence-electron chi connectivity index (χ4n) is 2.84. The number of amides is 1. The largest absolute Gasteiger partial charge is 0.312 e. The van der Waals surface area contributed by atoms with E-state index in [9.17, 15) is 9.59 Å². The van der Waals surface area contributed by atoms with Crippen LogP contribution in [0.4, 0.5) is 5.82 Å². The standard InChI is InChI=1S/C17H18ClN3O2S/c1-3-8-24-17-20-16(23)14-12(10-4-6-11(18)7-5-10)9-13(22)19-15(14)21(17)2/h4-7,12H,3,8-9H2,1-2H3,(H,19,22)/t12-/m1/s1. The van der Waals surface area contributed by atoms with Crippen LogP contribution in [-0.4, -0.2) is 21.2 Å². The van der Waals surface area contributed by atoms with Gasteiger partial charge in [0.1, 0.15) is 5.82 Å². The molecule has 0 bridgehead atoms. The number of anilines is 1. The maximum atomic E-state index is 12.6. The quantitative estimate of drug-likeness (QED) is 0.667. The Hall–Kier alpha value is -1.79. The third-order valence-electron chi connectivity index (χ3n) is 4.01. The van der Waals surface area contributed by atoms with Crippen LogP contribution in [0.2, 0.25) is 5.02 Å². The van der Waals surface area contributed by atoms with Crippen molar-refractivity contribution in [2.75, 3.05) is 11.1 Å². The Balaban J connectivity index is 2.12. The summed E-state index contributed by atoms with van der Waals surface area (Å²) >= 11 is 7.46. The zero-order valence-corrected chi connectivity index (χ0v) is 15.1. The molecule has 1 N–H and O–H groups in total. The monoisotopic (exact) mass is 363 g/mol. The lowest BCUT2D eigenvalue weighted by Gasteiger charge is -2.27. The molecule has 0 saturated carbocycles. The third-order valence-corrected chi connectivity index (χ3v) is 5.50. The van der Waals surface area contributed by atoms with Crippen molar-refractivity contribution in [2.24, 2.45) is 7.05 Å². The van der Waals surface area contributed by atoms with Gasteiger partial charge < -0.3 is 9.88 Å². The van der Waals surface area contributed by atoms with Crippen LogP contribution in [0.3, 0.4) is 0 Å². The minimum Gasteiger partial charge on any atom is -0.312 e. The minimum absolute atomic E-state index is 0.102. The van der Waals surface area contributed by atoms with Gasteiger partial charge in [-0.3, -0.25) is 9.59 Å². The van der Waals surface area contributed by atoms with E-state index >= 15 is 0 Å². The van der Waals surface area contributed by atoms with E-state index in [-0.39, 0.29) is 23.8 Å². The number of nitrogens with zero attached hydrogens (tertiary/aromatic N) is 2. The van der Waals surface area contributed by atoms with Crippen molar-refractivity contribution in [3.05, 3.63) is 50.8 Å². The molecule has 0 aliphatic carbocycles. The van der Waals surface area contributed by atoms with Gasteiger partial charge in [-0.1, -0.05) is 42.4 Å². The molecule has 0 fully saturated rings. The maximum absolute atomic E-state index is 12.6. The van der Waals surface area contributed by atoms with Crippen molar-refractivity contribution in [3.63, 3.8) is 0 Å². The summed E-state index contributed by atoms with van der Waals surface area (Å²) in [6.07, 6.45) is 1.21. The van der Waals surface area contributed by atoms with E-state index in [4.69, 9.17) is 11.6 Å². The Morgan fingerprint density at radius 2 is 2.04 bits per heavy atom. The molecule has 2 aromatic rings. The van der Waals surface area contributed by atoms with Crippen molar-refractivity contribution in [2.45, 2.75) is 30.8 Å². The molecule has 1 amide bonds. The number of fused-ring (bicyclic) bond motifs is 1.